The van der Waals surface area contributed by atoms with Crippen LogP contribution in [0.1, 0.15) is 28.9 Å². The van der Waals surface area contributed by atoms with Gasteiger partial charge in [0, 0.05) is 19.1 Å². The van der Waals surface area contributed by atoms with Gasteiger partial charge >= 0.3 is 6.18 Å². The molecule has 8 heteroatoms. The average molecular weight is 339 g/mol. The van der Waals surface area contributed by atoms with Gasteiger partial charge in [-0.2, -0.15) is 13.2 Å². The highest BCUT2D eigenvalue weighted by Crippen LogP contribution is 2.29. The second-order valence-corrected chi connectivity index (χ2v) is 5.63. The van der Waals surface area contributed by atoms with Crippen molar-refractivity contribution >= 4 is 11.7 Å². The Morgan fingerprint density at radius 1 is 1.25 bits per heavy atom. The number of carbonyl (C=O) groups is 1. The quantitative estimate of drug-likeness (QED) is 0.934. The van der Waals surface area contributed by atoms with Crippen molar-refractivity contribution in [1.29, 1.82) is 0 Å². The Balaban J connectivity index is 1.58. The van der Waals surface area contributed by atoms with Gasteiger partial charge in [-0.05, 0) is 31.0 Å². The maximum absolute atomic E-state index is 12.7. The summed E-state index contributed by atoms with van der Waals surface area (Å²) in [6, 6.07) is 5.45. The number of nitrogens with one attached hydrogen (secondary N) is 1. The summed E-state index contributed by atoms with van der Waals surface area (Å²) < 4.78 is 43.1. The molecule has 0 unspecified atom stereocenters. The van der Waals surface area contributed by atoms with Crippen LogP contribution in [-0.2, 0) is 6.18 Å². The van der Waals surface area contributed by atoms with E-state index in [1.807, 2.05) is 0 Å². The van der Waals surface area contributed by atoms with Gasteiger partial charge in [0.25, 0.3) is 5.91 Å². The SMILES string of the molecule is O=C(NC1CCN(c2cccc(C(F)(F)F)n2)CC1)c1ccoc1. The number of halogens is 3. The summed E-state index contributed by atoms with van der Waals surface area (Å²) >= 11 is 0. The van der Waals surface area contributed by atoms with Crippen molar-refractivity contribution in [2.75, 3.05) is 18.0 Å². The number of alkyl halides is 3. The fourth-order valence-corrected chi connectivity index (χ4v) is 2.67. The van der Waals surface area contributed by atoms with Crippen molar-refractivity contribution in [3.63, 3.8) is 0 Å². The van der Waals surface area contributed by atoms with E-state index in [2.05, 4.69) is 10.3 Å². The van der Waals surface area contributed by atoms with Gasteiger partial charge in [0.05, 0.1) is 11.8 Å². The molecule has 1 fully saturated rings. The van der Waals surface area contributed by atoms with E-state index in [0.29, 0.717) is 37.3 Å². The zero-order chi connectivity index (χ0) is 17.2. The molecular weight excluding hydrogens is 323 g/mol. The van der Waals surface area contributed by atoms with Gasteiger partial charge in [0.1, 0.15) is 17.8 Å². The number of carbonyl (C=O) groups excluding carboxylic acids is 1. The van der Waals surface area contributed by atoms with Crippen LogP contribution in [0.2, 0.25) is 0 Å². The number of rotatable bonds is 3. The Morgan fingerprint density at radius 2 is 2.00 bits per heavy atom. The molecule has 0 aromatic carbocycles. The molecule has 2 aromatic rings. The lowest BCUT2D eigenvalue weighted by atomic mass is 10.0. The Bertz CT molecular complexity index is 693. The van der Waals surface area contributed by atoms with Gasteiger partial charge in [-0.1, -0.05) is 6.07 Å². The Labute approximate surface area is 136 Å². The van der Waals surface area contributed by atoms with Crippen molar-refractivity contribution in [3.05, 3.63) is 48.0 Å². The molecule has 0 atom stereocenters. The number of pyridine rings is 1. The lowest BCUT2D eigenvalue weighted by Gasteiger charge is -2.33. The second-order valence-electron chi connectivity index (χ2n) is 5.63. The molecule has 1 amide bonds. The smallest absolute Gasteiger partial charge is 0.433 e. The highest BCUT2D eigenvalue weighted by molar-refractivity contribution is 5.93. The van der Waals surface area contributed by atoms with E-state index in [0.717, 1.165) is 6.07 Å². The monoisotopic (exact) mass is 339 g/mol. The molecule has 1 saturated heterocycles. The fourth-order valence-electron chi connectivity index (χ4n) is 2.67. The van der Waals surface area contributed by atoms with Crippen LogP contribution in [0.25, 0.3) is 0 Å². The summed E-state index contributed by atoms with van der Waals surface area (Å²) in [5, 5.41) is 2.90. The fraction of sp³-hybridized carbons (Fsp3) is 0.375. The van der Waals surface area contributed by atoms with Gasteiger partial charge in [0.2, 0.25) is 0 Å². The minimum atomic E-state index is -4.45. The number of furan rings is 1. The Morgan fingerprint density at radius 3 is 2.62 bits per heavy atom. The number of hydrogen-bond donors (Lipinski definition) is 1. The van der Waals surface area contributed by atoms with Crippen LogP contribution in [0.5, 0.6) is 0 Å². The van der Waals surface area contributed by atoms with Crippen LogP contribution in [0.3, 0.4) is 0 Å². The van der Waals surface area contributed by atoms with Crippen molar-refractivity contribution in [3.8, 4) is 0 Å². The molecule has 24 heavy (non-hydrogen) atoms. The molecule has 128 valence electrons. The first-order valence-corrected chi connectivity index (χ1v) is 7.56. The number of amides is 1. The topological polar surface area (TPSA) is 58.4 Å². The summed E-state index contributed by atoms with van der Waals surface area (Å²) in [5.41, 5.74) is -0.438. The Kier molecular flexibility index (Phi) is 4.46. The van der Waals surface area contributed by atoms with Gasteiger partial charge in [-0.25, -0.2) is 4.98 Å². The lowest BCUT2D eigenvalue weighted by molar-refractivity contribution is -0.141. The van der Waals surface area contributed by atoms with Crippen LogP contribution in [0.15, 0.2) is 41.2 Å². The molecule has 0 bridgehead atoms. The minimum absolute atomic E-state index is 0.0190. The molecule has 1 aliphatic rings. The van der Waals surface area contributed by atoms with Crippen LogP contribution in [-0.4, -0.2) is 30.0 Å². The van der Waals surface area contributed by atoms with Crippen LogP contribution in [0.4, 0.5) is 19.0 Å². The third kappa shape index (κ3) is 3.69. The van der Waals surface area contributed by atoms with Gasteiger partial charge in [-0.3, -0.25) is 4.79 Å². The summed E-state index contributed by atoms with van der Waals surface area (Å²) in [4.78, 5) is 17.5. The number of anilines is 1. The standard InChI is InChI=1S/C16H16F3N3O2/c17-16(18,19)13-2-1-3-14(21-13)22-7-4-12(5-8-22)20-15(23)11-6-9-24-10-11/h1-3,6,9-10,12H,4-5,7-8H2,(H,20,23). The number of hydrogen-bond acceptors (Lipinski definition) is 4. The molecule has 3 heterocycles. The molecule has 0 saturated carbocycles. The van der Waals surface area contributed by atoms with Gasteiger partial charge in [-0.15, -0.1) is 0 Å². The van der Waals surface area contributed by atoms with E-state index < -0.39 is 11.9 Å². The predicted octanol–water partition coefficient (Wildman–Crippen LogP) is 3.09. The summed E-state index contributed by atoms with van der Waals surface area (Å²) in [6.07, 6.45) is -0.371. The maximum Gasteiger partial charge on any atom is 0.433 e. The normalized spacial score (nSPS) is 16.2. The Hall–Kier alpha value is -2.51. The van der Waals surface area contributed by atoms with E-state index >= 15 is 0 Å². The van der Waals surface area contributed by atoms with Crippen LogP contribution < -0.4 is 10.2 Å². The van der Waals surface area contributed by atoms with E-state index in [1.165, 1.54) is 18.6 Å². The van der Waals surface area contributed by atoms with E-state index in [1.54, 1.807) is 17.0 Å². The van der Waals surface area contributed by atoms with Gasteiger partial charge in [0.15, 0.2) is 0 Å². The second kappa shape index (κ2) is 6.54. The first kappa shape index (κ1) is 16.4. The first-order chi connectivity index (χ1) is 11.4. The molecule has 3 rings (SSSR count). The zero-order valence-corrected chi connectivity index (χ0v) is 12.7. The lowest BCUT2D eigenvalue weighted by Crippen LogP contribution is -2.45. The largest absolute Gasteiger partial charge is 0.472 e. The highest BCUT2D eigenvalue weighted by Gasteiger charge is 2.33. The molecule has 1 aliphatic heterocycles. The van der Waals surface area contributed by atoms with Crippen molar-refractivity contribution in [2.45, 2.75) is 25.1 Å². The molecule has 2 aromatic heterocycles. The van der Waals surface area contributed by atoms with E-state index in [9.17, 15) is 18.0 Å². The van der Waals surface area contributed by atoms with Crippen molar-refractivity contribution in [2.24, 2.45) is 0 Å². The molecule has 0 aliphatic carbocycles. The summed E-state index contributed by atoms with van der Waals surface area (Å²) in [5.74, 6) is 0.101. The highest BCUT2D eigenvalue weighted by atomic mass is 19.4. The van der Waals surface area contributed by atoms with E-state index in [-0.39, 0.29) is 11.9 Å². The molecule has 0 spiro atoms. The van der Waals surface area contributed by atoms with Crippen LogP contribution in [0, 0.1) is 0 Å². The summed E-state index contributed by atoms with van der Waals surface area (Å²) in [7, 11) is 0. The van der Waals surface area contributed by atoms with E-state index in [4.69, 9.17) is 4.42 Å². The summed E-state index contributed by atoms with van der Waals surface area (Å²) in [6.45, 7) is 1.06. The molecular formula is C16H16F3N3O2. The zero-order valence-electron chi connectivity index (χ0n) is 12.7. The number of aromatic nitrogens is 1. The maximum atomic E-state index is 12.7. The van der Waals surface area contributed by atoms with Crippen LogP contribution >= 0.6 is 0 Å². The number of piperidine rings is 1. The molecule has 1 N–H and O–H groups in total. The third-order valence-corrected chi connectivity index (χ3v) is 3.96. The first-order valence-electron chi connectivity index (χ1n) is 7.56. The van der Waals surface area contributed by atoms with Gasteiger partial charge < -0.3 is 14.6 Å². The van der Waals surface area contributed by atoms with Crippen molar-refractivity contribution < 1.29 is 22.4 Å². The van der Waals surface area contributed by atoms with Crippen molar-refractivity contribution in [1.82, 2.24) is 10.3 Å². The molecule has 5 nitrogen and oxygen atoms in total. The predicted molar refractivity (Wildman–Crippen MR) is 80.6 cm³/mol. The number of nitrogens with zero attached hydrogens (tertiary/aromatic N) is 2. The average Bonchev–Trinajstić information content (AvgIpc) is 3.09. The third-order valence-electron chi connectivity index (χ3n) is 3.96. The molecule has 0 radical (unpaired) electrons. The minimum Gasteiger partial charge on any atom is -0.472 e.